The predicted molar refractivity (Wildman–Crippen MR) is 80.7 cm³/mol. The highest BCUT2D eigenvalue weighted by Crippen LogP contribution is 2.54. The Morgan fingerprint density at radius 1 is 1.15 bits per heavy atom. The summed E-state index contributed by atoms with van der Waals surface area (Å²) in [5.41, 5.74) is 11.5. The molecule has 2 nitrogen and oxygen atoms in total. The van der Waals surface area contributed by atoms with E-state index in [4.69, 9.17) is 10.5 Å². The fourth-order valence-electron chi connectivity index (χ4n) is 4.44. The number of hydrogen-bond donors (Lipinski definition) is 1. The van der Waals surface area contributed by atoms with E-state index in [1.165, 1.54) is 61.6 Å². The molecule has 2 N–H and O–H groups in total. The van der Waals surface area contributed by atoms with Gasteiger partial charge in [0, 0.05) is 13.2 Å². The second-order valence-corrected chi connectivity index (χ2v) is 7.18. The first-order valence-electron chi connectivity index (χ1n) is 8.13. The number of hydrogen-bond acceptors (Lipinski definition) is 2. The van der Waals surface area contributed by atoms with E-state index in [0.717, 1.165) is 5.92 Å². The molecule has 0 radical (unpaired) electrons. The molecule has 0 aliphatic heterocycles. The quantitative estimate of drug-likeness (QED) is 0.890. The van der Waals surface area contributed by atoms with Crippen LogP contribution in [0.3, 0.4) is 0 Å². The molecular weight excluding hydrogens is 246 g/mol. The normalized spacial score (nSPS) is 36.3. The summed E-state index contributed by atoms with van der Waals surface area (Å²) in [4.78, 5) is 0. The van der Waals surface area contributed by atoms with E-state index in [0.29, 0.717) is 11.5 Å². The molecule has 0 bridgehead atoms. The first-order chi connectivity index (χ1) is 9.72. The van der Waals surface area contributed by atoms with Crippen molar-refractivity contribution in [3.8, 4) is 0 Å². The average molecular weight is 271 g/mol. The Morgan fingerprint density at radius 3 is 2.55 bits per heavy atom. The van der Waals surface area contributed by atoms with Crippen LogP contribution in [0.4, 0.5) is 0 Å². The van der Waals surface area contributed by atoms with Crippen molar-refractivity contribution in [2.24, 2.45) is 11.1 Å². The monoisotopic (exact) mass is 271 g/mol. The van der Waals surface area contributed by atoms with Gasteiger partial charge in [0.15, 0.2) is 0 Å². The van der Waals surface area contributed by atoms with Gasteiger partial charge in [-0.05, 0) is 73.0 Å². The third kappa shape index (κ3) is 1.93. The summed E-state index contributed by atoms with van der Waals surface area (Å²) in [6, 6.07) is 7.38. The van der Waals surface area contributed by atoms with E-state index in [1.54, 1.807) is 0 Å². The van der Waals surface area contributed by atoms with E-state index < -0.39 is 0 Å². The SMILES string of the molecule is COC1CCC2(CC1)Cc1ccc(C3CC3)cc1C2N. The number of nitrogens with two attached hydrogens (primary N) is 1. The molecule has 20 heavy (non-hydrogen) atoms. The van der Waals surface area contributed by atoms with Crippen molar-refractivity contribution in [1.29, 1.82) is 0 Å². The van der Waals surface area contributed by atoms with Gasteiger partial charge in [0.25, 0.3) is 0 Å². The Kier molecular flexibility index (Phi) is 2.94. The molecule has 1 atom stereocenters. The fraction of sp³-hybridized carbons (Fsp3) is 0.667. The molecular formula is C18H25NO. The van der Waals surface area contributed by atoms with Gasteiger partial charge in [0.1, 0.15) is 0 Å². The minimum atomic E-state index is 0.244. The van der Waals surface area contributed by atoms with E-state index in [2.05, 4.69) is 18.2 Å². The van der Waals surface area contributed by atoms with Gasteiger partial charge in [-0.1, -0.05) is 18.2 Å². The minimum absolute atomic E-state index is 0.244. The Balaban J connectivity index is 1.60. The lowest BCUT2D eigenvalue weighted by molar-refractivity contribution is 0.0207. The molecule has 2 saturated carbocycles. The lowest BCUT2D eigenvalue weighted by Gasteiger charge is -2.40. The van der Waals surface area contributed by atoms with E-state index in [1.807, 2.05) is 7.11 Å². The highest BCUT2D eigenvalue weighted by molar-refractivity contribution is 5.43. The molecule has 108 valence electrons. The molecule has 2 fully saturated rings. The standard InChI is InChI=1S/C18H25NO/c1-20-15-6-8-18(9-7-15)11-14-5-4-13(12-2-3-12)10-16(14)17(18)19/h4-5,10,12,15,17H,2-3,6-9,11,19H2,1H3. The molecule has 2 heteroatoms. The van der Waals surface area contributed by atoms with Gasteiger partial charge in [0.05, 0.1) is 6.10 Å². The van der Waals surface area contributed by atoms with E-state index >= 15 is 0 Å². The number of rotatable bonds is 2. The van der Waals surface area contributed by atoms with Crippen LogP contribution in [0.2, 0.25) is 0 Å². The summed E-state index contributed by atoms with van der Waals surface area (Å²) in [5, 5.41) is 0. The fourth-order valence-corrected chi connectivity index (χ4v) is 4.44. The Labute approximate surface area is 121 Å². The van der Waals surface area contributed by atoms with E-state index in [-0.39, 0.29) is 6.04 Å². The molecule has 4 rings (SSSR count). The van der Waals surface area contributed by atoms with Crippen LogP contribution >= 0.6 is 0 Å². The second kappa shape index (κ2) is 4.57. The number of fused-ring (bicyclic) bond motifs is 1. The van der Waals surface area contributed by atoms with Crippen LogP contribution in [0.1, 0.15) is 67.2 Å². The van der Waals surface area contributed by atoms with Crippen molar-refractivity contribution < 1.29 is 4.74 Å². The van der Waals surface area contributed by atoms with Crippen LogP contribution < -0.4 is 5.73 Å². The van der Waals surface area contributed by atoms with Crippen LogP contribution in [-0.2, 0) is 11.2 Å². The molecule has 1 aromatic rings. The summed E-state index contributed by atoms with van der Waals surface area (Å²) in [5.74, 6) is 0.827. The molecule has 0 amide bonds. The summed E-state index contributed by atoms with van der Waals surface area (Å²) in [7, 11) is 1.84. The molecule has 1 spiro atoms. The molecule has 3 aliphatic rings. The zero-order valence-corrected chi connectivity index (χ0v) is 12.4. The van der Waals surface area contributed by atoms with E-state index in [9.17, 15) is 0 Å². The number of benzene rings is 1. The minimum Gasteiger partial charge on any atom is -0.381 e. The maximum Gasteiger partial charge on any atom is 0.0571 e. The topological polar surface area (TPSA) is 35.2 Å². The van der Waals surface area contributed by atoms with Crippen molar-refractivity contribution >= 4 is 0 Å². The van der Waals surface area contributed by atoms with Crippen molar-refractivity contribution in [2.45, 2.75) is 63.0 Å². The molecule has 1 aromatic carbocycles. The van der Waals surface area contributed by atoms with Gasteiger partial charge in [-0.25, -0.2) is 0 Å². The van der Waals surface area contributed by atoms with Gasteiger partial charge < -0.3 is 10.5 Å². The highest BCUT2D eigenvalue weighted by atomic mass is 16.5. The van der Waals surface area contributed by atoms with Crippen molar-refractivity contribution in [3.63, 3.8) is 0 Å². The average Bonchev–Trinajstić information content (AvgIpc) is 3.29. The lowest BCUT2D eigenvalue weighted by Crippen LogP contribution is -2.37. The van der Waals surface area contributed by atoms with Gasteiger partial charge in [0.2, 0.25) is 0 Å². The first kappa shape index (κ1) is 12.8. The van der Waals surface area contributed by atoms with Crippen LogP contribution in [0.15, 0.2) is 18.2 Å². The Hall–Kier alpha value is -0.860. The Bertz CT molecular complexity index is 512. The van der Waals surface area contributed by atoms with Crippen molar-refractivity contribution in [3.05, 3.63) is 34.9 Å². The zero-order valence-electron chi connectivity index (χ0n) is 12.4. The maximum atomic E-state index is 6.69. The van der Waals surface area contributed by atoms with Gasteiger partial charge in [-0.3, -0.25) is 0 Å². The molecule has 0 aromatic heterocycles. The predicted octanol–water partition coefficient (Wildman–Crippen LogP) is 3.70. The van der Waals surface area contributed by atoms with Crippen LogP contribution in [0, 0.1) is 5.41 Å². The maximum absolute atomic E-state index is 6.69. The highest BCUT2D eigenvalue weighted by Gasteiger charge is 2.46. The summed E-state index contributed by atoms with van der Waals surface area (Å²) in [6.07, 6.45) is 9.18. The third-order valence-electron chi connectivity index (χ3n) is 6.02. The number of ether oxygens (including phenoxy) is 1. The molecule has 1 unspecified atom stereocenters. The zero-order chi connectivity index (χ0) is 13.7. The summed E-state index contributed by atoms with van der Waals surface area (Å²) < 4.78 is 5.52. The van der Waals surface area contributed by atoms with Crippen LogP contribution in [0.5, 0.6) is 0 Å². The summed E-state index contributed by atoms with van der Waals surface area (Å²) in [6.45, 7) is 0. The Morgan fingerprint density at radius 2 is 1.90 bits per heavy atom. The molecule has 0 saturated heterocycles. The summed E-state index contributed by atoms with van der Waals surface area (Å²) >= 11 is 0. The first-order valence-corrected chi connectivity index (χ1v) is 8.13. The van der Waals surface area contributed by atoms with Gasteiger partial charge >= 0.3 is 0 Å². The van der Waals surface area contributed by atoms with Gasteiger partial charge in [-0.15, -0.1) is 0 Å². The lowest BCUT2D eigenvalue weighted by atomic mass is 9.69. The number of methoxy groups -OCH3 is 1. The smallest absolute Gasteiger partial charge is 0.0571 e. The van der Waals surface area contributed by atoms with Crippen LogP contribution in [0.25, 0.3) is 0 Å². The largest absolute Gasteiger partial charge is 0.381 e. The molecule has 3 aliphatic carbocycles. The van der Waals surface area contributed by atoms with Crippen molar-refractivity contribution in [1.82, 2.24) is 0 Å². The second-order valence-electron chi connectivity index (χ2n) is 7.18. The molecule has 0 heterocycles. The third-order valence-corrected chi connectivity index (χ3v) is 6.02. The van der Waals surface area contributed by atoms with Crippen LogP contribution in [-0.4, -0.2) is 13.2 Å². The van der Waals surface area contributed by atoms with Gasteiger partial charge in [-0.2, -0.15) is 0 Å². The van der Waals surface area contributed by atoms with Crippen molar-refractivity contribution in [2.75, 3.05) is 7.11 Å².